The van der Waals surface area contributed by atoms with Crippen molar-refractivity contribution in [2.75, 3.05) is 6.54 Å². The highest BCUT2D eigenvalue weighted by atomic mass is 15.1. The average molecular weight is 241 g/mol. The normalized spacial score (nSPS) is 14.9. The van der Waals surface area contributed by atoms with Gasteiger partial charge in [0.25, 0.3) is 0 Å². The lowest BCUT2D eigenvalue weighted by Crippen LogP contribution is -2.17. The summed E-state index contributed by atoms with van der Waals surface area (Å²) in [6.45, 7) is 4.53. The number of hydrogen-bond acceptors (Lipinski definition) is 2. The Bertz CT molecular complexity index is 465. The van der Waals surface area contributed by atoms with Crippen molar-refractivity contribution in [3.05, 3.63) is 54.1 Å². The van der Waals surface area contributed by atoms with Gasteiger partial charge in [0.1, 0.15) is 0 Å². The summed E-state index contributed by atoms with van der Waals surface area (Å²) < 4.78 is 2.15. The van der Waals surface area contributed by atoms with Gasteiger partial charge in [0.2, 0.25) is 0 Å². The van der Waals surface area contributed by atoms with Crippen LogP contribution in [0.15, 0.2) is 43.0 Å². The predicted octanol–water partition coefficient (Wildman–Crippen LogP) is 2.68. The summed E-state index contributed by atoms with van der Waals surface area (Å²) in [6.07, 6.45) is 8.25. The minimum absolute atomic E-state index is 1.08. The van der Waals surface area contributed by atoms with E-state index < -0.39 is 0 Å². The molecule has 1 aliphatic rings. The fraction of sp³-hybridized carbons (Fsp3) is 0.400. The quantitative estimate of drug-likeness (QED) is 0.750. The molecule has 0 saturated carbocycles. The number of nitrogens with zero attached hydrogens (tertiary/aromatic N) is 3. The first-order chi connectivity index (χ1) is 8.92. The summed E-state index contributed by atoms with van der Waals surface area (Å²) in [5.41, 5.74) is 3.01. The molecule has 0 atom stereocenters. The Kier molecular flexibility index (Phi) is 3.42. The maximum atomic E-state index is 4.06. The number of fused-ring (bicyclic) bond motifs is 1. The number of aryl methyl sites for hydroxylation is 1. The minimum Gasteiger partial charge on any atom is -0.337 e. The third kappa shape index (κ3) is 2.62. The first kappa shape index (κ1) is 11.5. The molecule has 1 aromatic carbocycles. The number of unbranched alkanes of at least 4 members (excludes halogenated alkanes) is 1. The molecule has 18 heavy (non-hydrogen) atoms. The third-order valence-electron chi connectivity index (χ3n) is 3.61. The second-order valence-corrected chi connectivity index (χ2v) is 4.99. The molecule has 3 nitrogen and oxygen atoms in total. The monoisotopic (exact) mass is 241 g/mol. The van der Waals surface area contributed by atoms with Gasteiger partial charge < -0.3 is 4.57 Å². The molecule has 0 saturated heterocycles. The van der Waals surface area contributed by atoms with Gasteiger partial charge in [-0.15, -0.1) is 0 Å². The first-order valence-electron chi connectivity index (χ1n) is 6.67. The van der Waals surface area contributed by atoms with Crippen molar-refractivity contribution in [1.82, 2.24) is 14.5 Å². The molecule has 2 heterocycles. The summed E-state index contributed by atoms with van der Waals surface area (Å²) in [5, 5.41) is 0. The van der Waals surface area contributed by atoms with Crippen LogP contribution in [0.2, 0.25) is 0 Å². The summed E-state index contributed by atoms with van der Waals surface area (Å²) in [7, 11) is 0. The van der Waals surface area contributed by atoms with Crippen LogP contribution in [-0.2, 0) is 19.6 Å². The molecular weight excluding hydrogens is 222 g/mol. The van der Waals surface area contributed by atoms with Gasteiger partial charge >= 0.3 is 0 Å². The molecule has 0 spiro atoms. The van der Waals surface area contributed by atoms with Gasteiger partial charge in [-0.1, -0.05) is 24.3 Å². The predicted molar refractivity (Wildman–Crippen MR) is 72.0 cm³/mol. The molecular formula is C15H19N3. The number of hydrogen-bond donors (Lipinski definition) is 0. The summed E-state index contributed by atoms with van der Waals surface area (Å²) in [6, 6.07) is 8.78. The van der Waals surface area contributed by atoms with E-state index >= 15 is 0 Å². The fourth-order valence-electron chi connectivity index (χ4n) is 2.61. The van der Waals surface area contributed by atoms with E-state index in [1.165, 1.54) is 30.5 Å². The Morgan fingerprint density at radius 2 is 1.72 bits per heavy atom. The Balaban J connectivity index is 1.41. The maximum absolute atomic E-state index is 4.06. The van der Waals surface area contributed by atoms with E-state index in [0.717, 1.165) is 19.6 Å². The lowest BCUT2D eigenvalue weighted by atomic mass is 10.1. The largest absolute Gasteiger partial charge is 0.337 e. The van der Waals surface area contributed by atoms with Gasteiger partial charge in [-0.2, -0.15) is 0 Å². The second kappa shape index (κ2) is 5.36. The van der Waals surface area contributed by atoms with Crippen molar-refractivity contribution in [2.45, 2.75) is 32.5 Å². The molecule has 0 amide bonds. The highest BCUT2D eigenvalue weighted by Crippen LogP contribution is 2.22. The number of benzene rings is 1. The van der Waals surface area contributed by atoms with Crippen LogP contribution in [-0.4, -0.2) is 21.0 Å². The van der Waals surface area contributed by atoms with Gasteiger partial charge in [0, 0.05) is 32.0 Å². The molecule has 3 heteroatoms. The lowest BCUT2D eigenvalue weighted by Gasteiger charge is -2.14. The highest BCUT2D eigenvalue weighted by Gasteiger charge is 2.16. The van der Waals surface area contributed by atoms with E-state index in [2.05, 4.69) is 38.7 Å². The molecule has 94 valence electrons. The van der Waals surface area contributed by atoms with E-state index in [9.17, 15) is 0 Å². The second-order valence-electron chi connectivity index (χ2n) is 4.99. The standard InChI is InChI=1S/C15H19N3/c1-2-6-15-12-18(11-14(15)5-1)9-4-3-8-17-10-7-16-13-17/h1-2,5-7,10,13H,3-4,8-9,11-12H2. The van der Waals surface area contributed by atoms with Crippen molar-refractivity contribution < 1.29 is 0 Å². The van der Waals surface area contributed by atoms with E-state index in [1.807, 2.05) is 18.7 Å². The Labute approximate surface area is 108 Å². The van der Waals surface area contributed by atoms with E-state index in [0.29, 0.717) is 0 Å². The average Bonchev–Trinajstić information content (AvgIpc) is 3.03. The molecule has 0 radical (unpaired) electrons. The first-order valence-corrected chi connectivity index (χ1v) is 6.67. The maximum Gasteiger partial charge on any atom is 0.0945 e. The van der Waals surface area contributed by atoms with Gasteiger partial charge in [-0.05, 0) is 30.5 Å². The van der Waals surface area contributed by atoms with Crippen molar-refractivity contribution in [3.63, 3.8) is 0 Å². The van der Waals surface area contributed by atoms with Crippen LogP contribution in [0, 0.1) is 0 Å². The summed E-state index contributed by atoms with van der Waals surface area (Å²) >= 11 is 0. The number of aromatic nitrogens is 2. The molecule has 0 bridgehead atoms. The van der Waals surface area contributed by atoms with Crippen LogP contribution in [0.3, 0.4) is 0 Å². The van der Waals surface area contributed by atoms with E-state index in [4.69, 9.17) is 0 Å². The lowest BCUT2D eigenvalue weighted by molar-refractivity contribution is 0.275. The van der Waals surface area contributed by atoms with Crippen LogP contribution >= 0.6 is 0 Å². The van der Waals surface area contributed by atoms with Crippen molar-refractivity contribution in [1.29, 1.82) is 0 Å². The molecule has 0 unspecified atom stereocenters. The SMILES string of the molecule is c1ccc2c(c1)CN(CCCCn1ccnc1)C2. The molecule has 1 aromatic heterocycles. The highest BCUT2D eigenvalue weighted by molar-refractivity contribution is 5.30. The van der Waals surface area contributed by atoms with Crippen LogP contribution in [0.5, 0.6) is 0 Å². The Morgan fingerprint density at radius 3 is 2.39 bits per heavy atom. The van der Waals surface area contributed by atoms with Gasteiger partial charge in [-0.3, -0.25) is 4.90 Å². The number of imidazole rings is 1. The Morgan fingerprint density at radius 1 is 1.00 bits per heavy atom. The van der Waals surface area contributed by atoms with E-state index in [1.54, 1.807) is 0 Å². The molecule has 2 aromatic rings. The Hall–Kier alpha value is -1.61. The molecule has 3 rings (SSSR count). The number of rotatable bonds is 5. The fourth-order valence-corrected chi connectivity index (χ4v) is 2.61. The topological polar surface area (TPSA) is 21.1 Å². The zero-order chi connectivity index (χ0) is 12.2. The van der Waals surface area contributed by atoms with Crippen LogP contribution in [0.25, 0.3) is 0 Å². The molecule has 1 aliphatic heterocycles. The van der Waals surface area contributed by atoms with Crippen molar-refractivity contribution in [2.24, 2.45) is 0 Å². The van der Waals surface area contributed by atoms with Crippen molar-refractivity contribution in [3.8, 4) is 0 Å². The van der Waals surface area contributed by atoms with Crippen LogP contribution in [0.1, 0.15) is 24.0 Å². The third-order valence-corrected chi connectivity index (χ3v) is 3.61. The molecule has 0 fully saturated rings. The minimum atomic E-state index is 1.08. The van der Waals surface area contributed by atoms with Gasteiger partial charge in [0.05, 0.1) is 6.33 Å². The van der Waals surface area contributed by atoms with Crippen LogP contribution < -0.4 is 0 Å². The van der Waals surface area contributed by atoms with E-state index in [-0.39, 0.29) is 0 Å². The van der Waals surface area contributed by atoms with Gasteiger partial charge in [0.15, 0.2) is 0 Å². The smallest absolute Gasteiger partial charge is 0.0945 e. The summed E-state index contributed by atoms with van der Waals surface area (Å²) in [5.74, 6) is 0. The van der Waals surface area contributed by atoms with Crippen LogP contribution in [0.4, 0.5) is 0 Å². The zero-order valence-corrected chi connectivity index (χ0v) is 10.6. The summed E-state index contributed by atoms with van der Waals surface area (Å²) in [4.78, 5) is 6.60. The molecule has 0 N–H and O–H groups in total. The molecule has 0 aliphatic carbocycles. The van der Waals surface area contributed by atoms with Gasteiger partial charge in [-0.25, -0.2) is 4.98 Å². The van der Waals surface area contributed by atoms with Crippen molar-refractivity contribution >= 4 is 0 Å². The zero-order valence-electron chi connectivity index (χ0n) is 10.6.